The summed E-state index contributed by atoms with van der Waals surface area (Å²) in [5.74, 6) is -0.276. The third-order valence-corrected chi connectivity index (χ3v) is 5.60. The molecule has 4 rings (SSSR count). The second kappa shape index (κ2) is 9.09. The van der Waals surface area contributed by atoms with Gasteiger partial charge in [0.25, 0.3) is 11.5 Å². The Morgan fingerprint density at radius 1 is 1.00 bits per heavy atom. The molecule has 8 nitrogen and oxygen atoms in total. The van der Waals surface area contributed by atoms with Crippen molar-refractivity contribution in [2.45, 2.75) is 13.3 Å². The van der Waals surface area contributed by atoms with Crippen molar-refractivity contribution in [3.8, 4) is 0 Å². The van der Waals surface area contributed by atoms with E-state index in [1.54, 1.807) is 29.2 Å². The number of hydrogen-bond acceptors (Lipinski definition) is 5. The van der Waals surface area contributed by atoms with Crippen molar-refractivity contribution < 1.29 is 9.59 Å². The van der Waals surface area contributed by atoms with Crippen LogP contribution in [0.2, 0.25) is 0 Å². The highest BCUT2D eigenvalue weighted by atomic mass is 16.2. The summed E-state index contributed by atoms with van der Waals surface area (Å²) in [4.78, 5) is 41.2. The summed E-state index contributed by atoms with van der Waals surface area (Å²) in [5, 5.41) is 10.4. The largest absolute Gasteiger partial charge is 0.335 e. The third kappa shape index (κ3) is 4.49. The van der Waals surface area contributed by atoms with Crippen LogP contribution in [-0.4, -0.2) is 64.5 Å². The Hall–Kier alpha value is -3.52. The maximum atomic E-state index is 13.0. The molecule has 160 valence electrons. The Morgan fingerprint density at radius 3 is 2.42 bits per heavy atom. The van der Waals surface area contributed by atoms with Crippen LogP contribution < -0.4 is 10.9 Å². The van der Waals surface area contributed by atoms with Gasteiger partial charge in [0, 0.05) is 37.3 Å². The van der Waals surface area contributed by atoms with E-state index in [4.69, 9.17) is 0 Å². The predicted octanol–water partition coefficient (Wildman–Crippen LogP) is 1.88. The van der Waals surface area contributed by atoms with Gasteiger partial charge in [-0.1, -0.05) is 43.3 Å². The minimum Gasteiger partial charge on any atom is -0.335 e. The summed E-state index contributed by atoms with van der Waals surface area (Å²) in [6, 6.07) is 14.8. The average molecular weight is 419 g/mol. The van der Waals surface area contributed by atoms with Crippen molar-refractivity contribution in [1.29, 1.82) is 0 Å². The van der Waals surface area contributed by atoms with Gasteiger partial charge in [0.2, 0.25) is 5.91 Å². The van der Waals surface area contributed by atoms with Crippen LogP contribution in [0.25, 0.3) is 10.8 Å². The smallest absolute Gasteiger partial charge is 0.275 e. The Balaban J connectivity index is 1.37. The van der Waals surface area contributed by atoms with Gasteiger partial charge in [0.05, 0.1) is 11.9 Å². The lowest BCUT2D eigenvalue weighted by Crippen LogP contribution is -2.50. The number of carbonyl (C=O) groups excluding carboxylic acids is 2. The lowest BCUT2D eigenvalue weighted by atomic mass is 10.1. The van der Waals surface area contributed by atoms with Gasteiger partial charge in [0.1, 0.15) is 0 Å². The highest BCUT2D eigenvalue weighted by Gasteiger charge is 2.26. The monoisotopic (exact) mass is 419 g/mol. The summed E-state index contributed by atoms with van der Waals surface area (Å²) in [6.07, 6.45) is 0.852. The van der Waals surface area contributed by atoms with Gasteiger partial charge >= 0.3 is 0 Å². The van der Waals surface area contributed by atoms with Crippen molar-refractivity contribution in [3.63, 3.8) is 0 Å². The maximum Gasteiger partial charge on any atom is 0.275 e. The Bertz CT molecular complexity index is 1170. The maximum absolute atomic E-state index is 13.0. The number of H-pyrrole nitrogens is 1. The minimum absolute atomic E-state index is 0.0611. The van der Waals surface area contributed by atoms with Crippen LogP contribution in [0, 0.1) is 0 Å². The Labute approximate surface area is 179 Å². The molecule has 3 aromatic rings. The fourth-order valence-electron chi connectivity index (χ4n) is 3.88. The summed E-state index contributed by atoms with van der Waals surface area (Å²) in [6.45, 7) is 4.51. The third-order valence-electron chi connectivity index (χ3n) is 5.60. The van der Waals surface area contributed by atoms with E-state index in [0.29, 0.717) is 37.0 Å². The molecule has 2 aromatic carbocycles. The number of aromatic amines is 1. The van der Waals surface area contributed by atoms with Crippen LogP contribution >= 0.6 is 0 Å². The Morgan fingerprint density at radius 2 is 1.68 bits per heavy atom. The molecule has 0 atom stereocenters. The van der Waals surface area contributed by atoms with Crippen molar-refractivity contribution >= 4 is 28.3 Å². The van der Waals surface area contributed by atoms with E-state index in [-0.39, 0.29) is 29.6 Å². The summed E-state index contributed by atoms with van der Waals surface area (Å²) >= 11 is 0. The Kier molecular flexibility index (Phi) is 6.08. The first-order chi connectivity index (χ1) is 15.1. The molecule has 1 saturated heterocycles. The van der Waals surface area contributed by atoms with E-state index >= 15 is 0 Å². The highest BCUT2D eigenvalue weighted by Crippen LogP contribution is 2.17. The molecule has 2 heterocycles. The molecule has 2 amide bonds. The van der Waals surface area contributed by atoms with E-state index < -0.39 is 0 Å². The first-order valence-corrected chi connectivity index (χ1v) is 10.4. The number of rotatable bonds is 5. The van der Waals surface area contributed by atoms with Gasteiger partial charge < -0.3 is 10.2 Å². The highest BCUT2D eigenvalue weighted by molar-refractivity contribution is 6.04. The van der Waals surface area contributed by atoms with Crippen LogP contribution in [0.4, 0.5) is 5.69 Å². The molecule has 2 N–H and O–H groups in total. The number of amides is 2. The number of anilines is 1. The van der Waals surface area contributed by atoms with Gasteiger partial charge in [-0.25, -0.2) is 5.10 Å². The second-order valence-corrected chi connectivity index (χ2v) is 7.57. The van der Waals surface area contributed by atoms with Gasteiger partial charge in [-0.3, -0.25) is 19.3 Å². The number of nitrogens with one attached hydrogen (secondary N) is 2. The molecule has 1 fully saturated rings. The number of aromatic nitrogens is 2. The first-order valence-electron chi connectivity index (χ1n) is 10.4. The lowest BCUT2D eigenvalue weighted by molar-refractivity contribution is -0.117. The number of benzene rings is 2. The molecule has 0 unspecified atom stereocenters. The molecule has 0 bridgehead atoms. The molecule has 31 heavy (non-hydrogen) atoms. The number of nitrogens with zero attached hydrogens (tertiary/aromatic N) is 3. The van der Waals surface area contributed by atoms with Gasteiger partial charge in [0.15, 0.2) is 5.69 Å². The van der Waals surface area contributed by atoms with Crippen LogP contribution in [0.1, 0.15) is 23.0 Å². The van der Waals surface area contributed by atoms with Gasteiger partial charge in [-0.05, 0) is 24.1 Å². The SMILES string of the molecule is CCc1ccccc1NC(=O)CN1CCN(C(=O)c2n[nH]c(=O)c3ccccc23)CC1. The predicted molar refractivity (Wildman–Crippen MR) is 119 cm³/mol. The van der Waals surface area contributed by atoms with E-state index in [1.165, 1.54) is 0 Å². The molecule has 0 spiro atoms. The molecule has 1 aliphatic rings. The van der Waals surface area contributed by atoms with Crippen LogP contribution in [0.15, 0.2) is 53.3 Å². The minimum atomic E-state index is -0.312. The number of para-hydroxylation sites is 1. The average Bonchev–Trinajstić information content (AvgIpc) is 2.80. The zero-order valence-corrected chi connectivity index (χ0v) is 17.4. The summed E-state index contributed by atoms with van der Waals surface area (Å²) < 4.78 is 0. The molecular weight excluding hydrogens is 394 g/mol. The summed E-state index contributed by atoms with van der Waals surface area (Å²) in [5.41, 5.74) is 1.89. The van der Waals surface area contributed by atoms with E-state index in [9.17, 15) is 14.4 Å². The van der Waals surface area contributed by atoms with Crippen LogP contribution in [0.3, 0.4) is 0 Å². The van der Waals surface area contributed by atoms with Crippen LogP contribution in [-0.2, 0) is 11.2 Å². The second-order valence-electron chi connectivity index (χ2n) is 7.57. The van der Waals surface area contributed by atoms with Crippen molar-refractivity contribution in [3.05, 3.63) is 70.1 Å². The summed E-state index contributed by atoms with van der Waals surface area (Å²) in [7, 11) is 0. The number of hydrogen-bond donors (Lipinski definition) is 2. The lowest BCUT2D eigenvalue weighted by Gasteiger charge is -2.34. The zero-order chi connectivity index (χ0) is 21.8. The van der Waals surface area contributed by atoms with Crippen molar-refractivity contribution in [2.24, 2.45) is 0 Å². The van der Waals surface area contributed by atoms with E-state index in [0.717, 1.165) is 17.7 Å². The van der Waals surface area contributed by atoms with E-state index in [2.05, 4.69) is 22.4 Å². The molecule has 1 aliphatic heterocycles. The van der Waals surface area contributed by atoms with E-state index in [1.807, 2.05) is 29.2 Å². The molecule has 8 heteroatoms. The standard InChI is InChI=1S/C23H25N5O3/c1-2-16-7-3-6-10-19(16)24-20(29)15-27-11-13-28(14-12-27)23(31)21-17-8-4-5-9-18(17)22(30)26-25-21/h3-10H,2,11-15H2,1H3,(H,24,29)(H,26,30). The number of piperazine rings is 1. The molecule has 0 radical (unpaired) electrons. The zero-order valence-electron chi connectivity index (χ0n) is 17.4. The first kappa shape index (κ1) is 20.7. The number of carbonyl (C=O) groups is 2. The fraction of sp³-hybridized carbons (Fsp3) is 0.304. The molecule has 0 aliphatic carbocycles. The quantitative estimate of drug-likeness (QED) is 0.658. The van der Waals surface area contributed by atoms with Crippen molar-refractivity contribution in [2.75, 3.05) is 38.0 Å². The van der Waals surface area contributed by atoms with Crippen molar-refractivity contribution in [1.82, 2.24) is 20.0 Å². The van der Waals surface area contributed by atoms with Gasteiger partial charge in [-0.15, -0.1) is 0 Å². The number of aryl methyl sites for hydroxylation is 1. The topological polar surface area (TPSA) is 98.4 Å². The number of fused-ring (bicyclic) bond motifs is 1. The normalized spacial score (nSPS) is 14.5. The fourth-order valence-corrected chi connectivity index (χ4v) is 3.88. The van der Waals surface area contributed by atoms with Gasteiger partial charge in [-0.2, -0.15) is 5.10 Å². The molecular formula is C23H25N5O3. The van der Waals surface area contributed by atoms with Crippen LogP contribution in [0.5, 0.6) is 0 Å². The molecule has 0 saturated carbocycles. The molecule has 1 aromatic heterocycles.